The Morgan fingerprint density at radius 1 is 1.08 bits per heavy atom. The van der Waals surface area contributed by atoms with Crippen LogP contribution < -0.4 is 0 Å². The molecular weight excluding hydrogens is 304 g/mol. The average Bonchev–Trinajstić information content (AvgIpc) is 3.45. The van der Waals surface area contributed by atoms with Crippen LogP contribution in [-0.4, -0.2) is 26.2 Å². The number of hydrogen-bond acceptors (Lipinski definition) is 4. The van der Waals surface area contributed by atoms with Gasteiger partial charge in [-0.05, 0) is 38.3 Å². The summed E-state index contributed by atoms with van der Waals surface area (Å²) in [6, 6.07) is 9.44. The zero-order chi connectivity index (χ0) is 17.6. The molecule has 0 radical (unpaired) electrons. The second kappa shape index (κ2) is 7.83. The van der Waals surface area contributed by atoms with Crippen LogP contribution in [0.3, 0.4) is 0 Å². The summed E-state index contributed by atoms with van der Waals surface area (Å²) < 4.78 is 9.82. The van der Waals surface area contributed by atoms with E-state index in [9.17, 15) is 9.59 Å². The highest BCUT2D eigenvalue weighted by Gasteiger charge is 2.48. The molecule has 0 aromatic heterocycles. The number of rotatable bonds is 5. The van der Waals surface area contributed by atoms with Gasteiger partial charge in [0.1, 0.15) is 0 Å². The van der Waals surface area contributed by atoms with Crippen LogP contribution >= 0.6 is 0 Å². The molecule has 0 heterocycles. The highest BCUT2D eigenvalue weighted by Crippen LogP contribution is 2.40. The number of carbonyl (C=O) groups is 2. The molecule has 4 nitrogen and oxygen atoms in total. The number of hydrogen-bond donors (Lipinski definition) is 0. The van der Waals surface area contributed by atoms with Gasteiger partial charge in [-0.3, -0.25) is 9.59 Å². The molecular formula is C20H22O4. The average molecular weight is 326 g/mol. The van der Waals surface area contributed by atoms with Crippen molar-refractivity contribution in [1.29, 1.82) is 0 Å². The predicted molar refractivity (Wildman–Crippen MR) is 91.0 cm³/mol. The third kappa shape index (κ3) is 4.05. The fourth-order valence-electron chi connectivity index (χ4n) is 2.71. The second-order valence-corrected chi connectivity index (χ2v) is 5.97. The smallest absolute Gasteiger partial charge is 0.324 e. The lowest BCUT2D eigenvalue weighted by Gasteiger charge is -2.26. The normalized spacial score (nSPS) is 12.7. The van der Waals surface area contributed by atoms with E-state index < -0.39 is 17.4 Å². The molecule has 1 saturated carbocycles. The van der Waals surface area contributed by atoms with Gasteiger partial charge in [-0.25, -0.2) is 0 Å². The van der Waals surface area contributed by atoms with Crippen LogP contribution in [0.1, 0.15) is 38.2 Å². The van der Waals surface area contributed by atoms with E-state index in [1.54, 1.807) is 0 Å². The summed E-state index contributed by atoms with van der Waals surface area (Å²) in [6.45, 7) is 1.95. The second-order valence-electron chi connectivity index (χ2n) is 5.97. The number of ether oxygens (including phenoxy) is 2. The van der Waals surface area contributed by atoms with Crippen molar-refractivity contribution in [1.82, 2.24) is 0 Å². The van der Waals surface area contributed by atoms with Crippen LogP contribution in [0.4, 0.5) is 0 Å². The highest BCUT2D eigenvalue weighted by atomic mass is 16.5. The topological polar surface area (TPSA) is 52.6 Å². The fourth-order valence-corrected chi connectivity index (χ4v) is 2.71. The first-order chi connectivity index (χ1) is 11.5. The van der Waals surface area contributed by atoms with E-state index in [2.05, 4.69) is 11.8 Å². The van der Waals surface area contributed by atoms with Crippen molar-refractivity contribution >= 4 is 11.9 Å². The summed E-state index contributed by atoms with van der Waals surface area (Å²) in [4.78, 5) is 24.9. The molecule has 0 amide bonds. The Balaban J connectivity index is 2.33. The summed E-state index contributed by atoms with van der Waals surface area (Å²) in [7, 11) is 2.56. The highest BCUT2D eigenvalue weighted by molar-refractivity contribution is 6.00. The maximum Gasteiger partial charge on any atom is 0.324 e. The zero-order valence-corrected chi connectivity index (χ0v) is 14.3. The van der Waals surface area contributed by atoms with Crippen molar-refractivity contribution < 1.29 is 19.1 Å². The molecule has 0 saturated heterocycles. The van der Waals surface area contributed by atoms with E-state index in [1.165, 1.54) is 19.8 Å². The molecule has 1 fully saturated rings. The standard InChI is InChI=1S/C20H22O4/c1-15(17-11-12-17)14-20(18(21)23-2,19(22)24-3)13-7-10-16-8-5-4-6-9-16/h4-6,8-9H,11-14H2,1-3H3. The molecule has 126 valence electrons. The summed E-state index contributed by atoms with van der Waals surface area (Å²) in [5.41, 5.74) is 1.76. The Bertz CT molecular complexity index is 682. The van der Waals surface area contributed by atoms with Crippen LogP contribution in [0.25, 0.3) is 0 Å². The van der Waals surface area contributed by atoms with Crippen molar-refractivity contribution in [2.75, 3.05) is 14.2 Å². The largest absolute Gasteiger partial charge is 0.468 e. The lowest BCUT2D eigenvalue weighted by molar-refractivity contribution is -0.168. The van der Waals surface area contributed by atoms with Gasteiger partial charge in [0.05, 0.1) is 14.2 Å². The number of benzene rings is 1. The van der Waals surface area contributed by atoms with E-state index in [4.69, 9.17) is 9.47 Å². The van der Waals surface area contributed by atoms with E-state index in [1.807, 2.05) is 37.3 Å². The predicted octanol–water partition coefficient (Wildman–Crippen LogP) is 3.26. The Kier molecular flexibility index (Phi) is 5.81. The molecule has 0 N–H and O–H groups in total. The first kappa shape index (κ1) is 17.8. The third-order valence-corrected chi connectivity index (χ3v) is 4.22. The molecule has 1 aromatic carbocycles. The maximum absolute atomic E-state index is 12.4. The van der Waals surface area contributed by atoms with E-state index in [-0.39, 0.29) is 12.8 Å². The molecule has 4 heteroatoms. The lowest BCUT2D eigenvalue weighted by atomic mass is 9.78. The molecule has 1 aromatic rings. The Hall–Kier alpha value is -2.54. The monoisotopic (exact) mass is 326 g/mol. The number of allylic oxidation sites excluding steroid dienone is 2. The molecule has 24 heavy (non-hydrogen) atoms. The van der Waals surface area contributed by atoms with Gasteiger partial charge in [0, 0.05) is 12.0 Å². The van der Waals surface area contributed by atoms with Crippen LogP contribution in [0, 0.1) is 17.3 Å². The molecule has 1 aliphatic rings. The van der Waals surface area contributed by atoms with Gasteiger partial charge in [0.25, 0.3) is 0 Å². The lowest BCUT2D eigenvalue weighted by Crippen LogP contribution is -2.41. The molecule has 0 bridgehead atoms. The van der Waals surface area contributed by atoms with Gasteiger partial charge < -0.3 is 9.47 Å². The molecule has 2 rings (SSSR count). The number of carbonyl (C=O) groups excluding carboxylic acids is 2. The number of esters is 2. The third-order valence-electron chi connectivity index (χ3n) is 4.22. The molecule has 0 spiro atoms. The van der Waals surface area contributed by atoms with Crippen LogP contribution in [0.5, 0.6) is 0 Å². The van der Waals surface area contributed by atoms with E-state index >= 15 is 0 Å². The van der Waals surface area contributed by atoms with Crippen molar-refractivity contribution in [3.8, 4) is 11.8 Å². The summed E-state index contributed by atoms with van der Waals surface area (Å²) in [5.74, 6) is 4.76. The summed E-state index contributed by atoms with van der Waals surface area (Å²) in [6.07, 6.45) is 2.40. The summed E-state index contributed by atoms with van der Waals surface area (Å²) in [5, 5.41) is 0. The summed E-state index contributed by atoms with van der Waals surface area (Å²) >= 11 is 0. The van der Waals surface area contributed by atoms with Gasteiger partial charge in [-0.1, -0.05) is 41.2 Å². The molecule has 1 aliphatic carbocycles. The zero-order valence-electron chi connectivity index (χ0n) is 14.3. The fraction of sp³-hybridized carbons (Fsp3) is 0.400. The van der Waals surface area contributed by atoms with Crippen LogP contribution in [0.15, 0.2) is 41.5 Å². The van der Waals surface area contributed by atoms with E-state index in [0.717, 1.165) is 24.0 Å². The molecule has 0 atom stereocenters. The van der Waals surface area contributed by atoms with Gasteiger partial charge >= 0.3 is 11.9 Å². The van der Waals surface area contributed by atoms with E-state index in [0.29, 0.717) is 0 Å². The Labute approximate surface area is 142 Å². The minimum absolute atomic E-state index is 0.0614. The quantitative estimate of drug-likeness (QED) is 0.361. The van der Waals surface area contributed by atoms with Crippen molar-refractivity contribution in [2.24, 2.45) is 5.41 Å². The minimum atomic E-state index is -1.41. The van der Waals surface area contributed by atoms with Gasteiger partial charge in [0.2, 0.25) is 0 Å². The SMILES string of the molecule is COC(=O)C(CC#Cc1ccccc1)(CC(C)=C1CC1)C(=O)OC. The van der Waals surface area contributed by atoms with Crippen molar-refractivity contribution in [2.45, 2.75) is 32.6 Å². The van der Waals surface area contributed by atoms with Crippen LogP contribution in [0.2, 0.25) is 0 Å². The van der Waals surface area contributed by atoms with Gasteiger partial charge in [-0.2, -0.15) is 0 Å². The minimum Gasteiger partial charge on any atom is -0.468 e. The molecule has 0 unspecified atom stereocenters. The van der Waals surface area contributed by atoms with Gasteiger partial charge in [0.15, 0.2) is 5.41 Å². The molecule has 0 aliphatic heterocycles. The van der Waals surface area contributed by atoms with Crippen molar-refractivity contribution in [3.63, 3.8) is 0 Å². The number of methoxy groups -OCH3 is 2. The van der Waals surface area contributed by atoms with Crippen molar-refractivity contribution in [3.05, 3.63) is 47.0 Å². The Morgan fingerprint density at radius 2 is 1.67 bits per heavy atom. The van der Waals surface area contributed by atoms with Gasteiger partial charge in [-0.15, -0.1) is 0 Å². The first-order valence-electron chi connectivity index (χ1n) is 7.91. The van der Waals surface area contributed by atoms with Crippen LogP contribution in [-0.2, 0) is 19.1 Å². The first-order valence-corrected chi connectivity index (χ1v) is 7.91. The Morgan fingerprint density at radius 3 is 2.17 bits per heavy atom. The maximum atomic E-state index is 12.4.